The van der Waals surface area contributed by atoms with E-state index in [2.05, 4.69) is 10.3 Å². The molecule has 1 aromatic heterocycles. The highest BCUT2D eigenvalue weighted by Crippen LogP contribution is 2.23. The average Bonchev–Trinajstić information content (AvgIpc) is 3.10. The largest absolute Gasteiger partial charge is 0.498 e. The Hall–Kier alpha value is -2.93. The average molecular weight is 440 g/mol. The van der Waals surface area contributed by atoms with Gasteiger partial charge in [0, 0.05) is 19.2 Å². The summed E-state index contributed by atoms with van der Waals surface area (Å²) >= 11 is 1.41. The van der Waals surface area contributed by atoms with Gasteiger partial charge in [-0.15, -0.1) is 0 Å². The number of ether oxygens (including phenoxy) is 1. The first-order chi connectivity index (χ1) is 15.1. The number of allylic oxidation sites excluding steroid dienone is 4. The normalized spacial score (nSPS) is 21.2. The van der Waals surface area contributed by atoms with Crippen molar-refractivity contribution < 1.29 is 9.53 Å². The van der Waals surface area contributed by atoms with Crippen molar-refractivity contribution in [2.45, 2.75) is 45.6 Å². The minimum absolute atomic E-state index is 0.00216. The quantitative estimate of drug-likeness (QED) is 0.697. The Kier molecular flexibility index (Phi) is 8.41. The molecule has 2 aromatic rings. The van der Waals surface area contributed by atoms with Crippen LogP contribution in [0.5, 0.6) is 0 Å². The molecule has 0 amide bonds. The lowest BCUT2D eigenvalue weighted by Crippen LogP contribution is -2.13. The van der Waals surface area contributed by atoms with Crippen LogP contribution in [0.1, 0.15) is 44.6 Å². The molecular formula is C24H29N3O3S. The van der Waals surface area contributed by atoms with Gasteiger partial charge in [-0.1, -0.05) is 49.0 Å². The van der Waals surface area contributed by atoms with Gasteiger partial charge in [-0.05, 0) is 38.0 Å². The number of carbonyl (C=O) groups is 1. The van der Waals surface area contributed by atoms with Gasteiger partial charge in [-0.2, -0.15) is 0 Å². The van der Waals surface area contributed by atoms with E-state index in [4.69, 9.17) is 4.74 Å². The maximum absolute atomic E-state index is 12.8. The highest BCUT2D eigenvalue weighted by Gasteiger charge is 2.14. The van der Waals surface area contributed by atoms with Gasteiger partial charge in [-0.25, -0.2) is 0 Å². The van der Waals surface area contributed by atoms with Crippen LogP contribution in [0.25, 0.3) is 10.1 Å². The lowest BCUT2D eigenvalue weighted by Gasteiger charge is -2.06. The SMILES string of the molecule is CNC1=C\N=C(C=O)c2cccc3c(=O)n(sc23)CCCCCCCO/C(C)=C/C=C\1. The third-order valence-electron chi connectivity index (χ3n) is 5.13. The van der Waals surface area contributed by atoms with E-state index < -0.39 is 0 Å². The summed E-state index contributed by atoms with van der Waals surface area (Å²) in [5, 5.41) is 3.70. The molecule has 1 aromatic carbocycles. The first-order valence-electron chi connectivity index (χ1n) is 10.7. The van der Waals surface area contributed by atoms with Crippen molar-refractivity contribution in [1.29, 1.82) is 0 Å². The molecule has 7 heteroatoms. The third kappa shape index (κ3) is 6.04. The number of aromatic nitrogens is 1. The predicted molar refractivity (Wildman–Crippen MR) is 128 cm³/mol. The minimum Gasteiger partial charge on any atom is -0.498 e. The van der Waals surface area contributed by atoms with E-state index >= 15 is 0 Å². The Morgan fingerprint density at radius 3 is 2.81 bits per heavy atom. The molecule has 0 saturated heterocycles. The molecule has 1 aliphatic rings. The van der Waals surface area contributed by atoms with Gasteiger partial charge in [0.25, 0.3) is 5.56 Å². The van der Waals surface area contributed by atoms with Crippen molar-refractivity contribution >= 4 is 33.6 Å². The maximum Gasteiger partial charge on any atom is 0.268 e. The number of hydrogen-bond donors (Lipinski definition) is 1. The van der Waals surface area contributed by atoms with Crippen LogP contribution in [0, 0.1) is 0 Å². The first-order valence-corrected chi connectivity index (χ1v) is 11.4. The molecule has 1 aliphatic heterocycles. The van der Waals surface area contributed by atoms with Gasteiger partial charge in [0.15, 0.2) is 6.29 Å². The summed E-state index contributed by atoms with van der Waals surface area (Å²) in [5.74, 6) is 0.858. The number of aliphatic imine (C=N–C) groups is 1. The summed E-state index contributed by atoms with van der Waals surface area (Å²) in [6, 6.07) is 5.47. The van der Waals surface area contributed by atoms with Crippen LogP contribution in [0.3, 0.4) is 0 Å². The van der Waals surface area contributed by atoms with Crippen molar-refractivity contribution in [1.82, 2.24) is 9.27 Å². The number of benzene rings is 1. The molecule has 0 fully saturated rings. The topological polar surface area (TPSA) is 72.7 Å². The molecule has 0 spiro atoms. The molecule has 0 aliphatic carbocycles. The van der Waals surface area contributed by atoms with Crippen molar-refractivity contribution in [3.8, 4) is 0 Å². The summed E-state index contributed by atoms with van der Waals surface area (Å²) in [4.78, 5) is 29.1. The molecule has 0 saturated carbocycles. The van der Waals surface area contributed by atoms with Gasteiger partial charge < -0.3 is 10.1 Å². The van der Waals surface area contributed by atoms with E-state index in [9.17, 15) is 9.59 Å². The van der Waals surface area contributed by atoms with Gasteiger partial charge in [0.05, 0.1) is 34.3 Å². The molecule has 0 radical (unpaired) electrons. The highest BCUT2D eigenvalue weighted by molar-refractivity contribution is 7.14. The van der Waals surface area contributed by atoms with E-state index in [1.807, 2.05) is 37.3 Å². The lowest BCUT2D eigenvalue weighted by molar-refractivity contribution is -0.102. The molecule has 2 bridgehead atoms. The first kappa shape index (κ1) is 22.7. The summed E-state index contributed by atoms with van der Waals surface area (Å²) in [6.45, 7) is 3.34. The number of nitrogens with one attached hydrogen (secondary N) is 1. The molecule has 0 unspecified atom stereocenters. The van der Waals surface area contributed by atoms with Crippen molar-refractivity contribution in [3.05, 3.63) is 70.0 Å². The Morgan fingerprint density at radius 2 is 2.00 bits per heavy atom. The molecule has 0 atom stereocenters. The molecule has 6 nitrogen and oxygen atoms in total. The molecule has 1 N–H and O–H groups in total. The number of aryl methyl sites for hydroxylation is 1. The fourth-order valence-corrected chi connectivity index (χ4v) is 4.54. The lowest BCUT2D eigenvalue weighted by atomic mass is 10.1. The zero-order valence-corrected chi connectivity index (χ0v) is 18.9. The number of likely N-dealkylation sites (N-methyl/N-ethyl adjacent to an activating group) is 1. The Morgan fingerprint density at radius 1 is 1.19 bits per heavy atom. The summed E-state index contributed by atoms with van der Waals surface area (Å²) in [7, 11) is 1.80. The molecule has 31 heavy (non-hydrogen) atoms. The van der Waals surface area contributed by atoms with E-state index in [1.165, 1.54) is 11.5 Å². The maximum atomic E-state index is 12.8. The van der Waals surface area contributed by atoms with E-state index in [0.717, 1.165) is 54.5 Å². The van der Waals surface area contributed by atoms with Crippen LogP contribution in [0.4, 0.5) is 0 Å². The van der Waals surface area contributed by atoms with Gasteiger partial charge in [-0.3, -0.25) is 18.5 Å². The fraction of sp³-hybridized carbons (Fsp3) is 0.375. The van der Waals surface area contributed by atoms with E-state index in [0.29, 0.717) is 29.8 Å². The second kappa shape index (κ2) is 11.5. The van der Waals surface area contributed by atoms with Crippen LogP contribution in [0.15, 0.2) is 63.9 Å². The summed E-state index contributed by atoms with van der Waals surface area (Å²) in [6.07, 6.45) is 13.3. The van der Waals surface area contributed by atoms with Crippen LogP contribution in [-0.2, 0) is 16.1 Å². The van der Waals surface area contributed by atoms with E-state index in [-0.39, 0.29) is 5.56 Å². The second-order valence-corrected chi connectivity index (χ2v) is 8.43. The van der Waals surface area contributed by atoms with Gasteiger partial charge in [0.2, 0.25) is 0 Å². The zero-order chi connectivity index (χ0) is 22.1. The number of rotatable bonds is 2. The van der Waals surface area contributed by atoms with E-state index in [1.54, 1.807) is 23.3 Å². The number of carbonyl (C=O) groups excluding carboxylic acids is 1. The number of aldehydes is 1. The number of fused-ring (bicyclic) bond motifs is 1. The van der Waals surface area contributed by atoms with Gasteiger partial charge >= 0.3 is 0 Å². The molecular weight excluding hydrogens is 410 g/mol. The second-order valence-electron chi connectivity index (χ2n) is 7.40. The number of hydrogen-bond acceptors (Lipinski definition) is 6. The summed E-state index contributed by atoms with van der Waals surface area (Å²) < 4.78 is 8.35. The Bertz CT molecular complexity index is 1090. The fourth-order valence-electron chi connectivity index (χ4n) is 3.39. The summed E-state index contributed by atoms with van der Waals surface area (Å²) in [5.41, 5.74) is 1.73. The van der Waals surface area contributed by atoms with Crippen LogP contribution in [-0.4, -0.2) is 29.6 Å². The third-order valence-corrected chi connectivity index (χ3v) is 6.33. The highest BCUT2D eigenvalue weighted by atomic mass is 32.1. The molecule has 164 valence electrons. The van der Waals surface area contributed by atoms with Crippen molar-refractivity contribution in [2.24, 2.45) is 4.99 Å². The smallest absolute Gasteiger partial charge is 0.268 e. The standard InChI is InChI=1S/C24H29N3O3S/c1-18-10-8-11-19(25-2)16-26-22(17-28)20-12-9-13-21-23(20)31-27(24(21)29)14-6-4-3-5-7-15-30-18/h8-13,16-17,25H,3-7,14-15H2,1-2H3/b11-8-,18-10+,19-16-,26-22?. The van der Waals surface area contributed by atoms with Crippen molar-refractivity contribution in [2.75, 3.05) is 13.7 Å². The van der Waals surface area contributed by atoms with Crippen molar-refractivity contribution in [3.63, 3.8) is 0 Å². The Balaban J connectivity index is 2.02. The molecule has 3 rings (SSSR count). The van der Waals surface area contributed by atoms with Gasteiger partial charge in [0.1, 0.15) is 5.71 Å². The Labute approximate surface area is 186 Å². The monoisotopic (exact) mass is 439 g/mol. The van der Waals surface area contributed by atoms with Crippen LogP contribution < -0.4 is 10.9 Å². The minimum atomic E-state index is 0.00216. The predicted octanol–water partition coefficient (Wildman–Crippen LogP) is 4.55. The number of nitrogens with zero attached hydrogens (tertiary/aromatic N) is 2. The van der Waals surface area contributed by atoms with Crippen LogP contribution >= 0.6 is 11.5 Å². The molecule has 2 heterocycles. The van der Waals surface area contributed by atoms with Crippen LogP contribution in [0.2, 0.25) is 0 Å². The zero-order valence-electron chi connectivity index (χ0n) is 18.1.